The van der Waals surface area contributed by atoms with Crippen molar-refractivity contribution in [3.8, 4) is 0 Å². The molecule has 0 aliphatic heterocycles. The molecule has 0 aromatic carbocycles. The summed E-state index contributed by atoms with van der Waals surface area (Å²) in [6.45, 7) is 11.5. The van der Waals surface area contributed by atoms with E-state index in [4.69, 9.17) is 0 Å². The van der Waals surface area contributed by atoms with Gasteiger partial charge in [-0.3, -0.25) is 0 Å². The van der Waals surface area contributed by atoms with Gasteiger partial charge in [0.15, 0.2) is 0 Å². The van der Waals surface area contributed by atoms with Crippen LogP contribution in [-0.4, -0.2) is 15.5 Å². The zero-order valence-corrected chi connectivity index (χ0v) is 10.3. The molecule has 1 N–H and O–H groups in total. The minimum absolute atomic E-state index is 0.128. The van der Waals surface area contributed by atoms with Gasteiger partial charge in [0.1, 0.15) is 5.82 Å². The molecule has 0 saturated heterocycles. The Balaban J connectivity index is 2.66. The lowest BCUT2D eigenvalue weighted by Gasteiger charge is -2.20. The number of aromatic nitrogens is 2. The van der Waals surface area contributed by atoms with Crippen LogP contribution in [0.3, 0.4) is 0 Å². The molecule has 1 rings (SSSR count). The second-order valence-corrected chi connectivity index (χ2v) is 5.16. The van der Waals surface area contributed by atoms with Gasteiger partial charge in [-0.2, -0.15) is 0 Å². The smallest absolute Gasteiger partial charge is 0.131 e. The van der Waals surface area contributed by atoms with Crippen molar-refractivity contribution in [1.29, 1.82) is 0 Å². The van der Waals surface area contributed by atoms with Crippen LogP contribution < -0.4 is 5.32 Å². The fourth-order valence-corrected chi connectivity index (χ4v) is 1.15. The fourth-order valence-electron chi connectivity index (χ4n) is 1.15. The summed E-state index contributed by atoms with van der Waals surface area (Å²) in [5.74, 6) is 1.31. The number of rotatable bonds is 3. The van der Waals surface area contributed by atoms with E-state index in [1.54, 1.807) is 0 Å². The number of nitrogens with one attached hydrogen (secondary N) is 1. The maximum Gasteiger partial charge on any atom is 0.131 e. The third kappa shape index (κ3) is 4.38. The molecule has 0 amide bonds. The van der Waals surface area contributed by atoms with E-state index >= 15 is 0 Å². The molecule has 3 nitrogen and oxygen atoms in total. The monoisotopic (exact) mass is 207 g/mol. The summed E-state index contributed by atoms with van der Waals surface area (Å²) in [6.07, 6.45) is 1.84. The molecule has 1 heterocycles. The van der Waals surface area contributed by atoms with Gasteiger partial charge in [-0.15, -0.1) is 0 Å². The second kappa shape index (κ2) is 4.71. The molecule has 0 radical (unpaired) electrons. The Morgan fingerprint density at radius 3 is 2.53 bits per heavy atom. The lowest BCUT2D eigenvalue weighted by atomic mass is 10.1. The fraction of sp³-hybridized carbons (Fsp3) is 0.667. The van der Waals surface area contributed by atoms with E-state index in [0.717, 1.165) is 18.1 Å². The first kappa shape index (κ1) is 12.1. The molecule has 0 bridgehead atoms. The first-order chi connectivity index (χ1) is 6.88. The van der Waals surface area contributed by atoms with Crippen LogP contribution in [0.25, 0.3) is 0 Å². The maximum absolute atomic E-state index is 4.50. The van der Waals surface area contributed by atoms with Crippen LogP contribution in [0.1, 0.15) is 52.1 Å². The predicted molar refractivity (Wildman–Crippen MR) is 62.7 cm³/mol. The van der Waals surface area contributed by atoms with Crippen LogP contribution in [0.2, 0.25) is 0 Å². The van der Waals surface area contributed by atoms with E-state index in [2.05, 4.69) is 49.9 Å². The Bertz CT molecular complexity index is 313. The summed E-state index contributed by atoms with van der Waals surface area (Å²) in [5, 5.41) is 3.41. The molecule has 0 atom stereocenters. The van der Waals surface area contributed by atoms with Crippen molar-refractivity contribution in [3.63, 3.8) is 0 Å². The zero-order valence-electron chi connectivity index (χ0n) is 10.3. The SMILES string of the molecule is CC(C)c1nccc(CNC(C)(C)C)n1. The van der Waals surface area contributed by atoms with Gasteiger partial charge >= 0.3 is 0 Å². The van der Waals surface area contributed by atoms with E-state index in [1.165, 1.54) is 0 Å². The van der Waals surface area contributed by atoms with Crippen LogP contribution in [0.15, 0.2) is 12.3 Å². The summed E-state index contributed by atoms with van der Waals surface area (Å²) in [7, 11) is 0. The summed E-state index contributed by atoms with van der Waals surface area (Å²) < 4.78 is 0. The minimum atomic E-state index is 0.128. The summed E-state index contributed by atoms with van der Waals surface area (Å²) in [4.78, 5) is 8.75. The van der Waals surface area contributed by atoms with Gasteiger partial charge in [0.25, 0.3) is 0 Å². The van der Waals surface area contributed by atoms with Crippen molar-refractivity contribution in [2.75, 3.05) is 0 Å². The van der Waals surface area contributed by atoms with Gasteiger partial charge in [-0.05, 0) is 26.8 Å². The molecule has 0 aliphatic carbocycles. The van der Waals surface area contributed by atoms with Crippen LogP contribution in [0.4, 0.5) is 0 Å². The Morgan fingerprint density at radius 2 is 2.00 bits per heavy atom. The molecule has 84 valence electrons. The lowest BCUT2D eigenvalue weighted by molar-refractivity contribution is 0.420. The first-order valence-electron chi connectivity index (χ1n) is 5.45. The van der Waals surface area contributed by atoms with Crippen molar-refractivity contribution in [2.45, 2.75) is 52.6 Å². The molecule has 0 aliphatic rings. The van der Waals surface area contributed by atoms with Gasteiger partial charge in [-0.1, -0.05) is 13.8 Å². The van der Waals surface area contributed by atoms with Gasteiger partial charge in [0.2, 0.25) is 0 Å². The summed E-state index contributed by atoms with van der Waals surface area (Å²) in [5.41, 5.74) is 1.19. The molecule has 0 spiro atoms. The Hall–Kier alpha value is -0.960. The average molecular weight is 207 g/mol. The highest BCUT2D eigenvalue weighted by Crippen LogP contribution is 2.09. The molecule has 1 aromatic heterocycles. The van der Waals surface area contributed by atoms with Crippen molar-refractivity contribution < 1.29 is 0 Å². The van der Waals surface area contributed by atoms with Crippen LogP contribution in [0.5, 0.6) is 0 Å². The molecular weight excluding hydrogens is 186 g/mol. The third-order valence-electron chi connectivity index (χ3n) is 2.05. The second-order valence-electron chi connectivity index (χ2n) is 5.16. The Morgan fingerprint density at radius 1 is 1.33 bits per heavy atom. The quantitative estimate of drug-likeness (QED) is 0.827. The van der Waals surface area contributed by atoms with E-state index in [-0.39, 0.29) is 5.54 Å². The highest BCUT2D eigenvalue weighted by atomic mass is 15.0. The lowest BCUT2D eigenvalue weighted by Crippen LogP contribution is -2.35. The topological polar surface area (TPSA) is 37.8 Å². The van der Waals surface area contributed by atoms with Crippen LogP contribution >= 0.6 is 0 Å². The predicted octanol–water partition coefficient (Wildman–Crippen LogP) is 2.49. The summed E-state index contributed by atoms with van der Waals surface area (Å²) >= 11 is 0. The maximum atomic E-state index is 4.50. The Labute approximate surface area is 92.3 Å². The normalized spacial score (nSPS) is 12.1. The number of nitrogens with zero attached hydrogens (tertiary/aromatic N) is 2. The van der Waals surface area contributed by atoms with Gasteiger partial charge in [0.05, 0.1) is 5.69 Å². The Kier molecular flexibility index (Phi) is 3.80. The van der Waals surface area contributed by atoms with Gasteiger partial charge in [0, 0.05) is 24.2 Å². The van der Waals surface area contributed by atoms with Crippen molar-refractivity contribution in [1.82, 2.24) is 15.3 Å². The minimum Gasteiger partial charge on any atom is -0.306 e. The zero-order chi connectivity index (χ0) is 11.5. The van der Waals surface area contributed by atoms with Gasteiger partial charge < -0.3 is 5.32 Å². The first-order valence-corrected chi connectivity index (χ1v) is 5.45. The highest BCUT2D eigenvalue weighted by Gasteiger charge is 2.09. The van der Waals surface area contributed by atoms with E-state index in [0.29, 0.717) is 5.92 Å². The van der Waals surface area contributed by atoms with Crippen molar-refractivity contribution in [3.05, 3.63) is 23.8 Å². The average Bonchev–Trinajstić information content (AvgIpc) is 2.14. The van der Waals surface area contributed by atoms with Crippen LogP contribution in [-0.2, 0) is 6.54 Å². The van der Waals surface area contributed by atoms with E-state index in [9.17, 15) is 0 Å². The molecule has 15 heavy (non-hydrogen) atoms. The third-order valence-corrected chi connectivity index (χ3v) is 2.05. The molecule has 0 fully saturated rings. The summed E-state index contributed by atoms with van der Waals surface area (Å²) in [6, 6.07) is 1.96. The molecule has 3 heteroatoms. The number of hydrogen-bond acceptors (Lipinski definition) is 3. The highest BCUT2D eigenvalue weighted by molar-refractivity contribution is 5.04. The number of hydrogen-bond donors (Lipinski definition) is 1. The van der Waals surface area contributed by atoms with Gasteiger partial charge in [-0.25, -0.2) is 9.97 Å². The van der Waals surface area contributed by atoms with Crippen LogP contribution in [0, 0.1) is 0 Å². The van der Waals surface area contributed by atoms with E-state index in [1.807, 2.05) is 12.3 Å². The standard InChI is InChI=1S/C12H21N3/c1-9(2)11-13-7-6-10(15-11)8-14-12(3,4)5/h6-7,9,14H,8H2,1-5H3. The molecule has 1 aromatic rings. The largest absolute Gasteiger partial charge is 0.306 e. The van der Waals surface area contributed by atoms with E-state index < -0.39 is 0 Å². The van der Waals surface area contributed by atoms with Crippen molar-refractivity contribution in [2.24, 2.45) is 0 Å². The van der Waals surface area contributed by atoms with Crippen molar-refractivity contribution >= 4 is 0 Å². The molecular formula is C12H21N3. The molecule has 0 saturated carbocycles. The molecule has 0 unspecified atom stereocenters.